The SMILES string of the molecule is COc1cccc(CC(=O)C2CCCS2)c1F. The lowest BCUT2D eigenvalue weighted by molar-refractivity contribution is -0.118. The summed E-state index contributed by atoms with van der Waals surface area (Å²) in [6.07, 6.45) is 2.18. The van der Waals surface area contributed by atoms with Crippen molar-refractivity contribution in [3.05, 3.63) is 29.6 Å². The topological polar surface area (TPSA) is 26.3 Å². The third kappa shape index (κ3) is 2.80. The van der Waals surface area contributed by atoms with Crippen molar-refractivity contribution in [3.63, 3.8) is 0 Å². The van der Waals surface area contributed by atoms with E-state index in [-0.39, 0.29) is 23.2 Å². The Labute approximate surface area is 105 Å². The van der Waals surface area contributed by atoms with Gasteiger partial charge < -0.3 is 4.74 Å². The lowest BCUT2D eigenvalue weighted by atomic mass is 10.0. The Morgan fingerprint density at radius 1 is 1.59 bits per heavy atom. The molecule has 0 radical (unpaired) electrons. The van der Waals surface area contributed by atoms with Crippen molar-refractivity contribution >= 4 is 17.5 Å². The van der Waals surface area contributed by atoms with Gasteiger partial charge in [0.15, 0.2) is 11.6 Å². The number of benzene rings is 1. The molecule has 0 N–H and O–H groups in total. The molecule has 1 unspecified atom stereocenters. The van der Waals surface area contributed by atoms with Gasteiger partial charge in [0, 0.05) is 6.42 Å². The van der Waals surface area contributed by atoms with E-state index in [1.807, 2.05) is 0 Å². The third-order valence-corrected chi connectivity index (χ3v) is 4.34. The van der Waals surface area contributed by atoms with E-state index in [0.717, 1.165) is 18.6 Å². The average molecular weight is 254 g/mol. The van der Waals surface area contributed by atoms with Crippen molar-refractivity contribution in [3.8, 4) is 5.75 Å². The first-order valence-electron chi connectivity index (χ1n) is 5.68. The minimum absolute atomic E-state index is 0.0561. The van der Waals surface area contributed by atoms with Crippen LogP contribution < -0.4 is 4.74 Å². The number of rotatable bonds is 4. The zero-order valence-corrected chi connectivity index (χ0v) is 10.6. The molecule has 0 spiro atoms. The highest BCUT2D eigenvalue weighted by atomic mass is 32.2. The van der Waals surface area contributed by atoms with Gasteiger partial charge in [0.2, 0.25) is 0 Å². The molecule has 4 heteroatoms. The second kappa shape index (κ2) is 5.54. The number of carbonyl (C=O) groups excluding carboxylic acids is 1. The normalized spacial score (nSPS) is 19.3. The van der Waals surface area contributed by atoms with Gasteiger partial charge in [0.1, 0.15) is 5.78 Å². The lowest BCUT2D eigenvalue weighted by Crippen LogP contribution is -2.17. The van der Waals surface area contributed by atoms with Gasteiger partial charge in [-0.1, -0.05) is 12.1 Å². The molecule has 1 aromatic carbocycles. The van der Waals surface area contributed by atoms with Gasteiger partial charge >= 0.3 is 0 Å². The second-order valence-corrected chi connectivity index (χ2v) is 5.39. The van der Waals surface area contributed by atoms with Crippen LogP contribution in [0, 0.1) is 5.82 Å². The van der Waals surface area contributed by atoms with Gasteiger partial charge in [-0.25, -0.2) is 4.39 Å². The number of methoxy groups -OCH3 is 1. The number of hydrogen-bond acceptors (Lipinski definition) is 3. The van der Waals surface area contributed by atoms with Gasteiger partial charge in [-0.3, -0.25) is 4.79 Å². The predicted molar refractivity (Wildman–Crippen MR) is 67.1 cm³/mol. The van der Waals surface area contributed by atoms with Crippen LogP contribution >= 0.6 is 11.8 Å². The minimum Gasteiger partial charge on any atom is -0.494 e. The van der Waals surface area contributed by atoms with Gasteiger partial charge in [-0.05, 0) is 30.2 Å². The summed E-state index contributed by atoms with van der Waals surface area (Å²) in [5, 5.41) is 0.0561. The molecule has 0 saturated carbocycles. The molecule has 2 nitrogen and oxygen atoms in total. The largest absolute Gasteiger partial charge is 0.494 e. The Bertz CT molecular complexity index is 414. The van der Waals surface area contributed by atoms with Gasteiger partial charge in [0.05, 0.1) is 12.4 Å². The van der Waals surface area contributed by atoms with Crippen molar-refractivity contribution < 1.29 is 13.9 Å². The Morgan fingerprint density at radius 3 is 3.06 bits per heavy atom. The van der Waals surface area contributed by atoms with Crippen molar-refractivity contribution in [2.45, 2.75) is 24.5 Å². The number of thioether (sulfide) groups is 1. The van der Waals surface area contributed by atoms with E-state index in [4.69, 9.17) is 4.74 Å². The van der Waals surface area contributed by atoms with E-state index < -0.39 is 5.82 Å². The number of Topliss-reactive ketones (excluding diaryl/α,β-unsaturated/α-hetero) is 1. The molecule has 92 valence electrons. The molecular formula is C13H15FO2S. The van der Waals surface area contributed by atoms with Gasteiger partial charge in [0.25, 0.3) is 0 Å². The smallest absolute Gasteiger partial charge is 0.168 e. The fraction of sp³-hybridized carbons (Fsp3) is 0.462. The first-order valence-corrected chi connectivity index (χ1v) is 6.73. The fourth-order valence-electron chi connectivity index (χ4n) is 1.98. The van der Waals surface area contributed by atoms with E-state index in [1.54, 1.807) is 30.0 Å². The van der Waals surface area contributed by atoms with Crippen LogP contribution in [0.3, 0.4) is 0 Å². The van der Waals surface area contributed by atoms with E-state index in [2.05, 4.69) is 0 Å². The van der Waals surface area contributed by atoms with Gasteiger partial charge in [-0.2, -0.15) is 11.8 Å². The summed E-state index contributed by atoms with van der Waals surface area (Å²) in [5.41, 5.74) is 0.432. The van der Waals surface area contributed by atoms with Crippen molar-refractivity contribution in [2.75, 3.05) is 12.9 Å². The molecular weight excluding hydrogens is 239 g/mol. The zero-order valence-electron chi connectivity index (χ0n) is 9.74. The maximum Gasteiger partial charge on any atom is 0.168 e. The molecule has 1 fully saturated rings. The molecule has 1 heterocycles. The Hall–Kier alpha value is -1.03. The number of ketones is 1. The van der Waals surface area contributed by atoms with Crippen LogP contribution in [0.15, 0.2) is 18.2 Å². The Kier molecular flexibility index (Phi) is 4.05. The maximum absolute atomic E-state index is 13.8. The molecule has 0 aromatic heterocycles. The van der Waals surface area contributed by atoms with E-state index in [0.29, 0.717) is 5.56 Å². The summed E-state index contributed by atoms with van der Waals surface area (Å²) < 4.78 is 18.7. The van der Waals surface area contributed by atoms with Crippen molar-refractivity contribution in [1.82, 2.24) is 0 Å². The van der Waals surface area contributed by atoms with Crippen molar-refractivity contribution in [2.24, 2.45) is 0 Å². The van der Waals surface area contributed by atoms with Crippen LogP contribution in [-0.2, 0) is 11.2 Å². The second-order valence-electron chi connectivity index (χ2n) is 4.08. The summed E-state index contributed by atoms with van der Waals surface area (Å²) in [4.78, 5) is 11.9. The highest BCUT2D eigenvalue weighted by Gasteiger charge is 2.24. The van der Waals surface area contributed by atoms with E-state index in [1.165, 1.54) is 7.11 Å². The zero-order chi connectivity index (χ0) is 12.3. The summed E-state index contributed by atoms with van der Waals surface area (Å²) in [5.74, 6) is 0.956. The highest BCUT2D eigenvalue weighted by Crippen LogP contribution is 2.29. The Balaban J connectivity index is 2.10. The molecule has 1 aliphatic rings. The molecule has 1 atom stereocenters. The molecule has 0 aliphatic carbocycles. The van der Waals surface area contributed by atoms with Crippen LogP contribution in [-0.4, -0.2) is 23.9 Å². The van der Waals surface area contributed by atoms with Crippen LogP contribution in [0.25, 0.3) is 0 Å². The number of halogens is 1. The standard InChI is InChI=1S/C13H15FO2S/c1-16-11-5-2-4-9(13(11)14)8-10(15)12-6-3-7-17-12/h2,4-5,12H,3,6-8H2,1H3. The monoisotopic (exact) mass is 254 g/mol. The molecule has 1 saturated heterocycles. The summed E-state index contributed by atoms with van der Waals surface area (Å²) in [6.45, 7) is 0. The summed E-state index contributed by atoms with van der Waals surface area (Å²) in [6, 6.07) is 4.93. The van der Waals surface area contributed by atoms with Crippen LogP contribution in [0.2, 0.25) is 0 Å². The lowest BCUT2D eigenvalue weighted by Gasteiger charge is -2.09. The summed E-state index contributed by atoms with van der Waals surface area (Å²) >= 11 is 1.68. The third-order valence-electron chi connectivity index (χ3n) is 2.92. The maximum atomic E-state index is 13.8. The predicted octanol–water partition coefficient (Wildman–Crippen LogP) is 2.84. The fourth-order valence-corrected chi connectivity index (χ4v) is 3.20. The summed E-state index contributed by atoms with van der Waals surface area (Å²) in [7, 11) is 1.43. The first kappa shape index (κ1) is 12.4. The van der Waals surface area contributed by atoms with Crippen LogP contribution in [0.5, 0.6) is 5.75 Å². The quantitative estimate of drug-likeness (QED) is 0.826. The number of ether oxygens (including phenoxy) is 1. The van der Waals surface area contributed by atoms with E-state index >= 15 is 0 Å². The van der Waals surface area contributed by atoms with Gasteiger partial charge in [-0.15, -0.1) is 0 Å². The average Bonchev–Trinajstić information content (AvgIpc) is 2.85. The highest BCUT2D eigenvalue weighted by molar-refractivity contribution is 8.00. The molecule has 1 aliphatic heterocycles. The molecule has 0 bridgehead atoms. The molecule has 2 rings (SSSR count). The first-order chi connectivity index (χ1) is 8.22. The number of carbonyl (C=O) groups is 1. The molecule has 17 heavy (non-hydrogen) atoms. The Morgan fingerprint density at radius 2 is 2.41 bits per heavy atom. The molecule has 1 aromatic rings. The van der Waals surface area contributed by atoms with E-state index in [9.17, 15) is 9.18 Å². The van der Waals surface area contributed by atoms with Crippen LogP contribution in [0.1, 0.15) is 18.4 Å². The minimum atomic E-state index is -0.411. The molecule has 0 amide bonds. The van der Waals surface area contributed by atoms with Crippen LogP contribution in [0.4, 0.5) is 4.39 Å². The van der Waals surface area contributed by atoms with Crippen molar-refractivity contribution in [1.29, 1.82) is 0 Å². The number of hydrogen-bond donors (Lipinski definition) is 0.